The van der Waals surface area contributed by atoms with Crippen LogP contribution in [-0.2, 0) is 14.8 Å². The fourth-order valence-corrected chi connectivity index (χ4v) is 4.73. The molecule has 0 saturated heterocycles. The lowest BCUT2D eigenvalue weighted by Gasteiger charge is -2.23. The standard InChI is InChI=1S/C21H21N3O4S2/c1-14-9-7-8-12-17(14)24(30(3,27)28)13-18(26)22-21-23-19(20(29-21)15(2)25)16-10-5-4-6-11-16/h4-12H,13H2,1-3H3,(H,22,23,26). The molecule has 3 rings (SSSR count). The van der Waals surface area contributed by atoms with Crippen LogP contribution in [0.1, 0.15) is 22.2 Å². The minimum absolute atomic E-state index is 0.162. The number of hydrogen-bond acceptors (Lipinski definition) is 6. The van der Waals surface area contributed by atoms with E-state index in [9.17, 15) is 18.0 Å². The number of hydrogen-bond donors (Lipinski definition) is 1. The van der Waals surface area contributed by atoms with Crippen LogP contribution < -0.4 is 9.62 Å². The van der Waals surface area contributed by atoms with Crippen LogP contribution in [0.25, 0.3) is 11.3 Å². The average molecular weight is 444 g/mol. The Hall–Kier alpha value is -3.04. The Morgan fingerprint density at radius 3 is 2.30 bits per heavy atom. The van der Waals surface area contributed by atoms with Gasteiger partial charge in [0.25, 0.3) is 0 Å². The molecule has 0 saturated carbocycles. The molecule has 0 spiro atoms. The second-order valence-electron chi connectivity index (χ2n) is 6.72. The monoisotopic (exact) mass is 443 g/mol. The molecule has 1 amide bonds. The summed E-state index contributed by atoms with van der Waals surface area (Å²) in [4.78, 5) is 29.5. The van der Waals surface area contributed by atoms with E-state index >= 15 is 0 Å². The molecule has 3 aromatic rings. The van der Waals surface area contributed by atoms with Crippen molar-refractivity contribution in [1.82, 2.24) is 4.98 Å². The highest BCUT2D eigenvalue weighted by Crippen LogP contribution is 2.31. The molecule has 0 fully saturated rings. The normalized spacial score (nSPS) is 11.2. The molecule has 1 aromatic heterocycles. The topological polar surface area (TPSA) is 96.4 Å². The lowest BCUT2D eigenvalue weighted by molar-refractivity contribution is -0.114. The van der Waals surface area contributed by atoms with Gasteiger partial charge < -0.3 is 5.32 Å². The third-order valence-corrected chi connectivity index (χ3v) is 6.51. The Kier molecular flexibility index (Phi) is 6.33. The minimum Gasteiger partial charge on any atom is -0.300 e. The second kappa shape index (κ2) is 8.76. The lowest BCUT2D eigenvalue weighted by atomic mass is 10.1. The van der Waals surface area contributed by atoms with Gasteiger partial charge in [0, 0.05) is 12.5 Å². The van der Waals surface area contributed by atoms with Crippen LogP contribution in [0.4, 0.5) is 10.8 Å². The maximum atomic E-state index is 12.6. The quantitative estimate of drug-likeness (QED) is 0.561. The largest absolute Gasteiger partial charge is 0.300 e. The smallest absolute Gasteiger partial charge is 0.246 e. The van der Waals surface area contributed by atoms with Gasteiger partial charge in [-0.25, -0.2) is 13.4 Å². The number of nitrogens with zero attached hydrogens (tertiary/aromatic N) is 2. The van der Waals surface area contributed by atoms with E-state index in [0.717, 1.165) is 33.0 Å². The summed E-state index contributed by atoms with van der Waals surface area (Å²) in [6.45, 7) is 2.81. The zero-order chi connectivity index (χ0) is 21.9. The number of rotatable bonds is 7. The molecule has 7 nitrogen and oxygen atoms in total. The molecule has 0 bridgehead atoms. The van der Waals surface area contributed by atoms with Crippen molar-refractivity contribution in [2.24, 2.45) is 0 Å². The first-order valence-corrected chi connectivity index (χ1v) is 11.7. The minimum atomic E-state index is -3.69. The maximum absolute atomic E-state index is 12.6. The molecular formula is C21H21N3O4S2. The fourth-order valence-electron chi connectivity index (χ4n) is 2.92. The van der Waals surface area contributed by atoms with Crippen molar-refractivity contribution in [3.05, 3.63) is 65.0 Å². The van der Waals surface area contributed by atoms with E-state index in [2.05, 4.69) is 10.3 Å². The number of Topliss-reactive ketones (excluding diaryl/α,β-unsaturated/α-hetero) is 1. The molecule has 0 aliphatic rings. The number of aromatic nitrogens is 1. The highest BCUT2D eigenvalue weighted by atomic mass is 32.2. The van der Waals surface area contributed by atoms with Crippen molar-refractivity contribution in [1.29, 1.82) is 0 Å². The van der Waals surface area contributed by atoms with Crippen molar-refractivity contribution in [2.45, 2.75) is 13.8 Å². The summed E-state index contributed by atoms with van der Waals surface area (Å²) in [5.74, 6) is -0.711. The third kappa shape index (κ3) is 4.92. The molecule has 0 radical (unpaired) electrons. The van der Waals surface area contributed by atoms with Gasteiger partial charge in [-0.3, -0.25) is 13.9 Å². The van der Waals surface area contributed by atoms with E-state index in [0.29, 0.717) is 16.3 Å². The van der Waals surface area contributed by atoms with E-state index in [-0.39, 0.29) is 10.9 Å². The number of anilines is 2. The predicted octanol–water partition coefficient (Wildman–Crippen LogP) is 3.73. The Morgan fingerprint density at radius 2 is 1.70 bits per heavy atom. The number of sulfonamides is 1. The van der Waals surface area contributed by atoms with E-state index in [1.165, 1.54) is 6.92 Å². The van der Waals surface area contributed by atoms with Gasteiger partial charge in [0.2, 0.25) is 15.9 Å². The van der Waals surface area contributed by atoms with Crippen molar-refractivity contribution in [3.63, 3.8) is 0 Å². The van der Waals surface area contributed by atoms with Crippen molar-refractivity contribution >= 4 is 43.9 Å². The van der Waals surface area contributed by atoms with Gasteiger partial charge in [-0.15, -0.1) is 0 Å². The van der Waals surface area contributed by atoms with Gasteiger partial charge in [-0.05, 0) is 18.6 Å². The molecule has 30 heavy (non-hydrogen) atoms. The van der Waals surface area contributed by atoms with Crippen molar-refractivity contribution < 1.29 is 18.0 Å². The highest BCUT2D eigenvalue weighted by molar-refractivity contribution is 7.92. The number of ketones is 1. The first kappa shape index (κ1) is 21.7. The summed E-state index contributed by atoms with van der Waals surface area (Å²) >= 11 is 1.06. The SMILES string of the molecule is CC(=O)c1sc(NC(=O)CN(c2ccccc2C)S(C)(=O)=O)nc1-c1ccccc1. The zero-order valence-electron chi connectivity index (χ0n) is 16.7. The summed E-state index contributed by atoms with van der Waals surface area (Å²) in [5.41, 5.74) is 2.42. The van der Waals surface area contributed by atoms with E-state index in [1.54, 1.807) is 31.2 Å². The number of para-hydroxylation sites is 1. The van der Waals surface area contributed by atoms with Crippen LogP contribution in [0.3, 0.4) is 0 Å². The van der Waals surface area contributed by atoms with E-state index in [1.807, 2.05) is 30.3 Å². The molecule has 156 valence electrons. The molecule has 9 heteroatoms. The predicted molar refractivity (Wildman–Crippen MR) is 120 cm³/mol. The maximum Gasteiger partial charge on any atom is 0.246 e. The van der Waals surface area contributed by atoms with Gasteiger partial charge >= 0.3 is 0 Å². The zero-order valence-corrected chi connectivity index (χ0v) is 18.4. The molecule has 0 aliphatic carbocycles. The van der Waals surface area contributed by atoms with Crippen LogP contribution in [0.5, 0.6) is 0 Å². The summed E-state index contributed by atoms with van der Waals surface area (Å²) in [6.07, 6.45) is 1.05. The van der Waals surface area contributed by atoms with Crippen LogP contribution in [0.15, 0.2) is 54.6 Å². The molecule has 1 N–H and O–H groups in total. The Morgan fingerprint density at radius 1 is 1.07 bits per heavy atom. The summed E-state index contributed by atoms with van der Waals surface area (Å²) < 4.78 is 25.6. The van der Waals surface area contributed by atoms with E-state index in [4.69, 9.17) is 0 Å². The Balaban J connectivity index is 1.87. The van der Waals surface area contributed by atoms with E-state index < -0.39 is 22.5 Å². The van der Waals surface area contributed by atoms with Gasteiger partial charge in [0.15, 0.2) is 10.9 Å². The van der Waals surface area contributed by atoms with Crippen molar-refractivity contribution in [2.75, 3.05) is 22.4 Å². The number of carbonyl (C=O) groups is 2. The van der Waals surface area contributed by atoms with Gasteiger partial charge in [-0.1, -0.05) is 59.9 Å². The summed E-state index contributed by atoms with van der Waals surface area (Å²) in [5, 5.41) is 2.87. The number of carbonyl (C=O) groups excluding carboxylic acids is 2. The van der Waals surface area contributed by atoms with Crippen LogP contribution in [-0.4, -0.2) is 37.9 Å². The second-order valence-corrected chi connectivity index (χ2v) is 9.63. The molecule has 0 aliphatic heterocycles. The number of benzene rings is 2. The number of thiazole rings is 1. The lowest BCUT2D eigenvalue weighted by Crippen LogP contribution is -2.37. The van der Waals surface area contributed by atoms with Gasteiger partial charge in [0.1, 0.15) is 6.54 Å². The molecule has 1 heterocycles. The van der Waals surface area contributed by atoms with Gasteiger partial charge in [0.05, 0.1) is 22.5 Å². The van der Waals surface area contributed by atoms with Crippen molar-refractivity contribution in [3.8, 4) is 11.3 Å². The number of nitrogens with one attached hydrogen (secondary N) is 1. The number of aryl methyl sites for hydroxylation is 1. The van der Waals surface area contributed by atoms with Crippen LogP contribution in [0.2, 0.25) is 0 Å². The average Bonchev–Trinajstić information content (AvgIpc) is 3.11. The molecule has 2 aromatic carbocycles. The van der Waals surface area contributed by atoms with Crippen LogP contribution in [0, 0.1) is 6.92 Å². The highest BCUT2D eigenvalue weighted by Gasteiger charge is 2.24. The first-order valence-electron chi connectivity index (χ1n) is 9.07. The molecular weight excluding hydrogens is 422 g/mol. The van der Waals surface area contributed by atoms with Gasteiger partial charge in [-0.2, -0.15) is 0 Å². The third-order valence-electron chi connectivity index (χ3n) is 4.31. The first-order chi connectivity index (χ1) is 14.2. The van der Waals surface area contributed by atoms with Crippen LogP contribution >= 0.6 is 11.3 Å². The molecule has 0 unspecified atom stereocenters. The summed E-state index contributed by atoms with van der Waals surface area (Å²) in [7, 11) is -3.69. The Bertz CT molecular complexity index is 1190. The number of amides is 1. The molecule has 0 atom stereocenters. The summed E-state index contributed by atoms with van der Waals surface area (Å²) in [6, 6.07) is 16.1. The Labute approximate surface area is 179 Å². The fraction of sp³-hybridized carbons (Fsp3) is 0.190.